The van der Waals surface area contributed by atoms with Gasteiger partial charge in [0, 0.05) is 11.1 Å². The van der Waals surface area contributed by atoms with Gasteiger partial charge in [-0.15, -0.1) is 0 Å². The minimum Gasteiger partial charge on any atom is -0.464 e. The van der Waals surface area contributed by atoms with Crippen LogP contribution >= 0.6 is 0 Å². The highest BCUT2D eigenvalue weighted by Crippen LogP contribution is 2.25. The predicted octanol–water partition coefficient (Wildman–Crippen LogP) is 5.41. The summed E-state index contributed by atoms with van der Waals surface area (Å²) in [6.45, 7) is 3.97. The van der Waals surface area contributed by atoms with Crippen LogP contribution in [0, 0.1) is 0 Å². The first-order valence-corrected chi connectivity index (χ1v) is 15.8. The standard InChI is InChI=1S/2C10H12O3.2C9H6O4/c2*1-2-13-10(12)9(11)8-6-4-3-5-7-8;2*10-8-7(12-9(11)13-8)6-4-2-1-3-5-6/h2*3-7,9,11H,2H2,1H3;2*1-5,7H/t2*9-;2*7-/m1010/s1. The number of hydrogen-bond acceptors (Lipinski definition) is 14. The van der Waals surface area contributed by atoms with Gasteiger partial charge in [0.15, 0.2) is 12.2 Å². The number of hydrogen-bond donors (Lipinski definition) is 2. The van der Waals surface area contributed by atoms with E-state index >= 15 is 0 Å². The second-order valence-electron chi connectivity index (χ2n) is 10.3. The summed E-state index contributed by atoms with van der Waals surface area (Å²) < 4.78 is 27.1. The van der Waals surface area contributed by atoms with Crippen LogP contribution in [0.25, 0.3) is 0 Å². The molecule has 14 heteroatoms. The van der Waals surface area contributed by atoms with Gasteiger partial charge >= 0.3 is 36.2 Å². The minimum absolute atomic E-state index is 0.280. The Morgan fingerprint density at radius 3 is 1.08 bits per heavy atom. The molecule has 2 N–H and O–H groups in total. The van der Waals surface area contributed by atoms with Crippen molar-refractivity contribution in [2.75, 3.05) is 13.2 Å². The van der Waals surface area contributed by atoms with E-state index in [0.29, 0.717) is 22.3 Å². The molecule has 4 aromatic rings. The molecule has 4 aromatic carbocycles. The molecule has 2 heterocycles. The van der Waals surface area contributed by atoms with Gasteiger partial charge in [-0.3, -0.25) is 0 Å². The number of carbonyl (C=O) groups is 6. The number of esters is 4. The first kappa shape index (κ1) is 40.1. The van der Waals surface area contributed by atoms with Crippen molar-refractivity contribution in [3.05, 3.63) is 144 Å². The summed E-state index contributed by atoms with van der Waals surface area (Å²) in [7, 11) is 0. The summed E-state index contributed by atoms with van der Waals surface area (Å²) in [6.07, 6.45) is -5.98. The number of rotatable bonds is 8. The topological polar surface area (TPSA) is 198 Å². The molecule has 0 aromatic heterocycles. The molecule has 0 unspecified atom stereocenters. The highest BCUT2D eigenvalue weighted by Gasteiger charge is 2.37. The van der Waals surface area contributed by atoms with Gasteiger partial charge in [-0.25, -0.2) is 28.8 Å². The summed E-state index contributed by atoms with van der Waals surface area (Å²) in [6, 6.07) is 34.9. The molecule has 0 saturated carbocycles. The molecule has 0 amide bonds. The largest absolute Gasteiger partial charge is 0.517 e. The first-order chi connectivity index (χ1) is 25.0. The Labute approximate surface area is 298 Å². The smallest absolute Gasteiger partial charge is 0.464 e. The monoisotopic (exact) mass is 716 g/mol. The Hall–Kier alpha value is -6.38. The van der Waals surface area contributed by atoms with Crippen molar-refractivity contribution in [3.8, 4) is 0 Å². The van der Waals surface area contributed by atoms with Crippen LogP contribution in [-0.4, -0.2) is 59.6 Å². The lowest BCUT2D eigenvalue weighted by atomic mass is 10.1. The van der Waals surface area contributed by atoms with Gasteiger partial charge in [0.2, 0.25) is 12.2 Å². The molecule has 2 fully saturated rings. The molecule has 6 rings (SSSR count). The summed E-state index contributed by atoms with van der Waals surface area (Å²) in [5.74, 6) is -2.52. The molecule has 0 radical (unpaired) electrons. The molecular weight excluding hydrogens is 680 g/mol. The SMILES string of the molecule is CCOC(=O)[C@@H](O)c1ccccc1.CCOC(=O)[C@H](O)c1ccccc1.O=C1OC(=O)[C@@H](c2ccccc2)O1.O=C1OC(=O)[C@H](c2ccccc2)O1. The van der Waals surface area contributed by atoms with Crippen molar-refractivity contribution in [2.24, 2.45) is 0 Å². The van der Waals surface area contributed by atoms with Crippen LogP contribution in [0.1, 0.15) is 60.5 Å². The lowest BCUT2D eigenvalue weighted by molar-refractivity contribution is -0.154. The van der Waals surface area contributed by atoms with Gasteiger partial charge in [0.05, 0.1) is 13.2 Å². The third-order valence-electron chi connectivity index (χ3n) is 6.68. The maximum Gasteiger partial charge on any atom is 0.517 e. The zero-order chi connectivity index (χ0) is 37.9. The summed E-state index contributed by atoms with van der Waals surface area (Å²) in [5, 5.41) is 18.9. The van der Waals surface area contributed by atoms with E-state index in [1.807, 2.05) is 24.3 Å². The van der Waals surface area contributed by atoms with Gasteiger partial charge < -0.3 is 38.6 Å². The van der Waals surface area contributed by atoms with Gasteiger partial charge in [0.25, 0.3) is 0 Å². The first-order valence-electron chi connectivity index (χ1n) is 15.8. The number of aliphatic hydroxyl groups is 2. The molecule has 14 nitrogen and oxygen atoms in total. The van der Waals surface area contributed by atoms with Crippen LogP contribution in [-0.2, 0) is 47.6 Å². The third kappa shape index (κ3) is 12.5. The van der Waals surface area contributed by atoms with Crippen molar-refractivity contribution in [1.29, 1.82) is 0 Å². The predicted molar refractivity (Wildman–Crippen MR) is 180 cm³/mol. The lowest BCUT2D eigenvalue weighted by Crippen LogP contribution is -2.15. The molecule has 2 aliphatic heterocycles. The average Bonchev–Trinajstić information content (AvgIpc) is 3.71. The normalized spacial score (nSPS) is 16.6. The number of cyclic esters (lactones) is 6. The van der Waals surface area contributed by atoms with E-state index in [2.05, 4.69) is 28.4 Å². The molecule has 2 saturated heterocycles. The van der Waals surface area contributed by atoms with E-state index in [4.69, 9.17) is 0 Å². The van der Waals surface area contributed by atoms with Gasteiger partial charge in [-0.05, 0) is 25.0 Å². The maximum atomic E-state index is 11.1. The molecule has 4 atom stereocenters. The quantitative estimate of drug-likeness (QED) is 0.133. The Morgan fingerprint density at radius 1 is 0.538 bits per heavy atom. The second-order valence-corrected chi connectivity index (χ2v) is 10.3. The summed E-state index contributed by atoms with van der Waals surface area (Å²) >= 11 is 0. The lowest BCUT2D eigenvalue weighted by Gasteiger charge is -2.08. The van der Waals surface area contributed by atoms with Gasteiger partial charge in [-0.1, -0.05) is 121 Å². The fourth-order valence-electron chi connectivity index (χ4n) is 4.26. The van der Waals surface area contributed by atoms with E-state index < -0.39 is 60.6 Å². The van der Waals surface area contributed by atoms with Crippen molar-refractivity contribution in [3.63, 3.8) is 0 Å². The van der Waals surface area contributed by atoms with Crippen LogP contribution in [0.15, 0.2) is 121 Å². The van der Waals surface area contributed by atoms with Crippen LogP contribution in [0.2, 0.25) is 0 Å². The molecule has 0 bridgehead atoms. The summed E-state index contributed by atoms with van der Waals surface area (Å²) in [5.41, 5.74) is 2.36. The zero-order valence-electron chi connectivity index (χ0n) is 28.1. The minimum atomic E-state index is -1.17. The highest BCUT2D eigenvalue weighted by molar-refractivity contribution is 5.92. The average molecular weight is 717 g/mol. The van der Waals surface area contributed by atoms with E-state index in [9.17, 15) is 39.0 Å². The van der Waals surface area contributed by atoms with Crippen molar-refractivity contribution in [1.82, 2.24) is 0 Å². The van der Waals surface area contributed by atoms with Crippen LogP contribution in [0.4, 0.5) is 9.59 Å². The van der Waals surface area contributed by atoms with Crippen LogP contribution in [0.5, 0.6) is 0 Å². The Morgan fingerprint density at radius 2 is 0.827 bits per heavy atom. The highest BCUT2D eigenvalue weighted by atomic mass is 16.8. The molecule has 0 spiro atoms. The van der Waals surface area contributed by atoms with Crippen molar-refractivity contribution in [2.45, 2.75) is 38.3 Å². The van der Waals surface area contributed by atoms with E-state index in [-0.39, 0.29) is 13.2 Å². The van der Waals surface area contributed by atoms with Gasteiger partial charge in [-0.2, -0.15) is 0 Å². The molecule has 0 aliphatic carbocycles. The number of carbonyl (C=O) groups excluding carboxylic acids is 6. The van der Waals surface area contributed by atoms with Crippen molar-refractivity contribution >= 4 is 36.2 Å². The number of ether oxygens (including phenoxy) is 6. The van der Waals surface area contributed by atoms with Crippen LogP contribution in [0.3, 0.4) is 0 Å². The molecular formula is C38H36O14. The Bertz CT molecular complexity index is 1620. The maximum absolute atomic E-state index is 11.1. The number of benzene rings is 4. The molecule has 52 heavy (non-hydrogen) atoms. The molecule has 272 valence electrons. The molecule has 2 aliphatic rings. The Balaban J connectivity index is 0.000000187. The Kier molecular flexibility index (Phi) is 16.2. The van der Waals surface area contributed by atoms with E-state index in [1.165, 1.54) is 0 Å². The third-order valence-corrected chi connectivity index (χ3v) is 6.68. The fraction of sp³-hybridized carbons (Fsp3) is 0.211. The second kappa shape index (κ2) is 21.0. The van der Waals surface area contributed by atoms with Gasteiger partial charge in [0.1, 0.15) is 0 Å². The van der Waals surface area contributed by atoms with E-state index in [1.54, 1.807) is 111 Å². The fourth-order valence-corrected chi connectivity index (χ4v) is 4.26. The van der Waals surface area contributed by atoms with Crippen LogP contribution < -0.4 is 0 Å². The number of aliphatic hydroxyl groups excluding tert-OH is 2. The summed E-state index contributed by atoms with van der Waals surface area (Å²) in [4.78, 5) is 65.3. The van der Waals surface area contributed by atoms with E-state index in [0.717, 1.165) is 0 Å². The zero-order valence-corrected chi connectivity index (χ0v) is 28.1. The van der Waals surface area contributed by atoms with Crippen molar-refractivity contribution < 1.29 is 67.4 Å².